The largest absolute Gasteiger partial charge is 0.493 e. The summed E-state index contributed by atoms with van der Waals surface area (Å²) >= 11 is 0. The van der Waals surface area contributed by atoms with Crippen molar-refractivity contribution in [3.8, 4) is 17.2 Å². The number of methoxy groups -OCH3 is 3. The van der Waals surface area contributed by atoms with Gasteiger partial charge in [-0.2, -0.15) is 0 Å². The lowest BCUT2D eigenvalue weighted by molar-refractivity contribution is -0.147. The molecule has 1 aromatic rings. The molecule has 0 radical (unpaired) electrons. The number of urea groups is 1. The van der Waals surface area contributed by atoms with Gasteiger partial charge in [0.15, 0.2) is 11.5 Å². The molecule has 0 bridgehead atoms. The molecule has 8 nitrogen and oxygen atoms in total. The molecule has 1 unspecified atom stereocenters. The van der Waals surface area contributed by atoms with Gasteiger partial charge in [0.2, 0.25) is 5.75 Å². The highest BCUT2D eigenvalue weighted by atomic mass is 16.5. The first-order valence-corrected chi connectivity index (χ1v) is 7.89. The Morgan fingerprint density at radius 3 is 2.24 bits per heavy atom. The summed E-state index contributed by atoms with van der Waals surface area (Å²) < 4.78 is 15.8. The fourth-order valence-corrected chi connectivity index (χ4v) is 2.84. The number of ether oxygens (including phenoxy) is 3. The molecule has 2 amide bonds. The van der Waals surface area contributed by atoms with Crippen LogP contribution in [0, 0.1) is 5.41 Å². The van der Waals surface area contributed by atoms with E-state index in [0.717, 1.165) is 5.56 Å². The minimum Gasteiger partial charge on any atom is -0.493 e. The number of nitrogens with one attached hydrogen (secondary N) is 1. The lowest BCUT2D eigenvalue weighted by Gasteiger charge is -2.21. The summed E-state index contributed by atoms with van der Waals surface area (Å²) in [5.41, 5.74) is -0.104. The number of hydrogen-bond donors (Lipinski definition) is 2. The fourth-order valence-electron chi connectivity index (χ4n) is 2.84. The van der Waals surface area contributed by atoms with Crippen LogP contribution in [0.15, 0.2) is 12.1 Å². The van der Waals surface area contributed by atoms with Crippen molar-refractivity contribution in [1.82, 2.24) is 10.2 Å². The highest BCUT2D eigenvalue weighted by molar-refractivity contribution is 5.79. The zero-order chi connectivity index (χ0) is 18.6. The first-order chi connectivity index (χ1) is 11.8. The summed E-state index contributed by atoms with van der Waals surface area (Å²) in [5, 5.41) is 12.0. The van der Waals surface area contributed by atoms with Gasteiger partial charge in [-0.1, -0.05) is 0 Å². The molecule has 2 rings (SSSR count). The molecule has 1 heterocycles. The summed E-state index contributed by atoms with van der Waals surface area (Å²) in [4.78, 5) is 25.1. The van der Waals surface area contributed by atoms with E-state index in [0.29, 0.717) is 30.2 Å². The Bertz CT molecular complexity index is 638. The summed E-state index contributed by atoms with van der Waals surface area (Å²) in [6.45, 7) is 2.53. The molecule has 1 aliphatic heterocycles. The van der Waals surface area contributed by atoms with Gasteiger partial charge in [0.05, 0.1) is 26.7 Å². The first kappa shape index (κ1) is 18.7. The molecular formula is C17H24N2O6. The van der Waals surface area contributed by atoms with Crippen molar-refractivity contribution in [1.29, 1.82) is 0 Å². The smallest absolute Gasteiger partial charge is 0.317 e. The van der Waals surface area contributed by atoms with Crippen LogP contribution in [0.25, 0.3) is 0 Å². The second-order valence-electron chi connectivity index (χ2n) is 6.23. The summed E-state index contributed by atoms with van der Waals surface area (Å²) in [5.74, 6) is 0.612. The number of carbonyl (C=O) groups excluding carboxylic acids is 1. The van der Waals surface area contributed by atoms with Crippen LogP contribution in [0.2, 0.25) is 0 Å². The number of benzene rings is 1. The van der Waals surface area contributed by atoms with Crippen molar-refractivity contribution in [2.24, 2.45) is 5.41 Å². The molecule has 1 aliphatic rings. The lowest BCUT2D eigenvalue weighted by Crippen LogP contribution is -2.40. The van der Waals surface area contributed by atoms with Crippen molar-refractivity contribution in [3.05, 3.63) is 17.7 Å². The number of amides is 2. The quantitative estimate of drug-likeness (QED) is 0.809. The standard InChI is InChI=1S/C17H24N2O6/c1-17(15(20)21)5-6-19(10-17)16(22)18-9-11-7-12(23-2)14(25-4)13(8-11)24-3/h7-8H,5-6,9-10H2,1-4H3,(H,18,22)(H,20,21). The molecule has 8 heteroatoms. The molecule has 0 aromatic heterocycles. The van der Waals surface area contributed by atoms with Gasteiger partial charge in [-0.05, 0) is 31.0 Å². The third-order valence-electron chi connectivity index (χ3n) is 4.45. The van der Waals surface area contributed by atoms with Gasteiger partial charge >= 0.3 is 12.0 Å². The van der Waals surface area contributed by atoms with Crippen molar-refractivity contribution >= 4 is 12.0 Å². The molecule has 1 fully saturated rings. The monoisotopic (exact) mass is 352 g/mol. The average molecular weight is 352 g/mol. The molecule has 138 valence electrons. The Balaban J connectivity index is 2.04. The molecule has 1 atom stereocenters. The average Bonchev–Trinajstić information content (AvgIpc) is 3.02. The predicted molar refractivity (Wildman–Crippen MR) is 90.3 cm³/mol. The molecule has 2 N–H and O–H groups in total. The summed E-state index contributed by atoms with van der Waals surface area (Å²) in [6.07, 6.45) is 0.444. The third-order valence-corrected chi connectivity index (χ3v) is 4.45. The molecule has 1 aromatic carbocycles. The fraction of sp³-hybridized carbons (Fsp3) is 0.529. The highest BCUT2D eigenvalue weighted by Crippen LogP contribution is 2.38. The van der Waals surface area contributed by atoms with E-state index in [1.54, 1.807) is 19.1 Å². The number of aliphatic carboxylic acids is 1. The number of hydrogen-bond acceptors (Lipinski definition) is 5. The van der Waals surface area contributed by atoms with E-state index in [1.807, 2.05) is 0 Å². The maximum absolute atomic E-state index is 12.3. The van der Waals surface area contributed by atoms with Crippen LogP contribution in [0.1, 0.15) is 18.9 Å². The Labute approximate surface area is 146 Å². The van der Waals surface area contributed by atoms with Gasteiger partial charge in [-0.15, -0.1) is 0 Å². The summed E-state index contributed by atoms with van der Waals surface area (Å²) in [7, 11) is 4.57. The van der Waals surface area contributed by atoms with Gasteiger partial charge in [0.1, 0.15) is 0 Å². The van der Waals surface area contributed by atoms with Crippen molar-refractivity contribution in [2.75, 3.05) is 34.4 Å². The number of likely N-dealkylation sites (tertiary alicyclic amines) is 1. The topological polar surface area (TPSA) is 97.3 Å². The van der Waals surface area contributed by atoms with Crippen LogP contribution in [0.4, 0.5) is 4.79 Å². The number of carbonyl (C=O) groups is 2. The maximum atomic E-state index is 12.3. The number of rotatable bonds is 6. The predicted octanol–water partition coefficient (Wildman–Crippen LogP) is 1.72. The molecule has 0 aliphatic carbocycles. The SMILES string of the molecule is COc1cc(CNC(=O)N2CCC(C)(C(=O)O)C2)cc(OC)c1OC. The van der Waals surface area contributed by atoms with Gasteiger partial charge < -0.3 is 29.5 Å². The number of carboxylic acid groups (broad SMARTS) is 1. The lowest BCUT2D eigenvalue weighted by atomic mass is 9.90. The zero-order valence-corrected chi connectivity index (χ0v) is 14.9. The van der Waals surface area contributed by atoms with Crippen LogP contribution in [-0.4, -0.2) is 56.4 Å². The van der Waals surface area contributed by atoms with Crippen LogP contribution in [0.5, 0.6) is 17.2 Å². The minimum atomic E-state index is -0.885. The van der Waals surface area contributed by atoms with Gasteiger partial charge in [-0.25, -0.2) is 4.79 Å². The Morgan fingerprint density at radius 2 is 1.80 bits per heavy atom. The molecular weight excluding hydrogens is 328 g/mol. The summed E-state index contributed by atoms with van der Waals surface area (Å²) in [6, 6.07) is 3.22. The van der Waals surface area contributed by atoms with Crippen LogP contribution in [-0.2, 0) is 11.3 Å². The second-order valence-corrected chi connectivity index (χ2v) is 6.23. The molecule has 1 saturated heterocycles. The Morgan fingerprint density at radius 1 is 1.20 bits per heavy atom. The molecule has 25 heavy (non-hydrogen) atoms. The van der Waals surface area contributed by atoms with Crippen LogP contribution in [0.3, 0.4) is 0 Å². The van der Waals surface area contributed by atoms with E-state index in [-0.39, 0.29) is 19.1 Å². The number of carboxylic acids is 1. The second kappa shape index (κ2) is 7.50. The van der Waals surface area contributed by atoms with Crippen molar-refractivity contribution in [3.63, 3.8) is 0 Å². The van der Waals surface area contributed by atoms with E-state index in [1.165, 1.54) is 26.2 Å². The Hall–Kier alpha value is -2.64. The van der Waals surface area contributed by atoms with Crippen molar-refractivity contribution in [2.45, 2.75) is 19.9 Å². The van der Waals surface area contributed by atoms with E-state index in [4.69, 9.17) is 14.2 Å². The van der Waals surface area contributed by atoms with Gasteiger partial charge in [-0.3, -0.25) is 4.79 Å². The normalized spacial score (nSPS) is 19.4. The highest BCUT2D eigenvalue weighted by Gasteiger charge is 2.42. The number of nitrogens with zero attached hydrogens (tertiary/aromatic N) is 1. The molecule has 0 spiro atoms. The van der Waals surface area contributed by atoms with E-state index in [9.17, 15) is 14.7 Å². The van der Waals surface area contributed by atoms with Gasteiger partial charge in [0.25, 0.3) is 0 Å². The van der Waals surface area contributed by atoms with E-state index in [2.05, 4.69) is 5.32 Å². The van der Waals surface area contributed by atoms with Crippen molar-refractivity contribution < 1.29 is 28.9 Å². The maximum Gasteiger partial charge on any atom is 0.317 e. The zero-order valence-electron chi connectivity index (χ0n) is 14.9. The minimum absolute atomic E-state index is 0.198. The Kier molecular flexibility index (Phi) is 5.61. The third kappa shape index (κ3) is 3.89. The molecule has 0 saturated carbocycles. The van der Waals surface area contributed by atoms with E-state index >= 15 is 0 Å². The van der Waals surface area contributed by atoms with Crippen LogP contribution >= 0.6 is 0 Å². The van der Waals surface area contributed by atoms with E-state index < -0.39 is 11.4 Å². The first-order valence-electron chi connectivity index (χ1n) is 7.89. The van der Waals surface area contributed by atoms with Crippen LogP contribution < -0.4 is 19.5 Å². The van der Waals surface area contributed by atoms with Gasteiger partial charge in [0, 0.05) is 19.6 Å².